The first-order chi connectivity index (χ1) is 32.4. The number of carbonyl (C=O) groups is 1. The highest BCUT2D eigenvalue weighted by Gasteiger charge is 2.35. The number of esters is 1. The summed E-state index contributed by atoms with van der Waals surface area (Å²) < 4.78 is 83.2. The van der Waals surface area contributed by atoms with Crippen molar-refractivity contribution in [3.63, 3.8) is 0 Å². The molecule has 0 saturated carbocycles. The summed E-state index contributed by atoms with van der Waals surface area (Å²) in [6.45, 7) is 20.3. The number of fused-ring (bicyclic) bond motifs is 3. The van der Waals surface area contributed by atoms with Gasteiger partial charge in [-0.1, -0.05) is 25.0 Å². The molecule has 4 aromatic rings. The van der Waals surface area contributed by atoms with E-state index in [0.29, 0.717) is 84.6 Å². The highest BCUT2D eigenvalue weighted by Crippen LogP contribution is 2.44. The first kappa shape index (κ1) is 52.9. The number of methoxy groups -OCH3 is 1. The van der Waals surface area contributed by atoms with E-state index in [1.807, 2.05) is 73.6 Å². The maximum atomic E-state index is 13.6. The topological polar surface area (TPSA) is 239 Å². The molecule has 69 heavy (non-hydrogen) atoms. The fraction of sp³-hybridized carbons (Fsp3) is 0.549. The van der Waals surface area contributed by atoms with Crippen molar-refractivity contribution < 1.29 is 40.6 Å². The van der Waals surface area contributed by atoms with Gasteiger partial charge in [0.2, 0.25) is 11.9 Å². The third-order valence-electron chi connectivity index (χ3n) is 13.6. The van der Waals surface area contributed by atoms with E-state index in [9.17, 15) is 21.6 Å². The number of nitrogens with one attached hydrogen (secondary N) is 3. The average Bonchev–Trinajstić information content (AvgIpc) is 3.64. The number of hydrogen-bond donors (Lipinski definition) is 5. The summed E-state index contributed by atoms with van der Waals surface area (Å²) in [4.78, 5) is 25.2. The average molecular weight is 992 g/mol. The predicted molar refractivity (Wildman–Crippen MR) is 272 cm³/mol. The molecule has 0 spiro atoms. The van der Waals surface area contributed by atoms with Gasteiger partial charge >= 0.3 is 5.97 Å². The fourth-order valence-corrected chi connectivity index (χ4v) is 12.6. The van der Waals surface area contributed by atoms with E-state index in [1.54, 1.807) is 13.8 Å². The SMILES string of the molecule is COC(=O)c1[nH]c2c(OCCCCCN=C(N)NS(=O)(=O)c3c(C)c(C)c4c(c3C)CCC(C)(C)O4)cccc2c1CCCCCCN=C(N)NS(=O)(=O)c1c(C)c(C)c2c(c1C)CCC(C)(C)O2. The van der Waals surface area contributed by atoms with Crippen molar-refractivity contribution in [3.8, 4) is 17.2 Å². The number of aromatic nitrogens is 1. The number of H-pyrrole nitrogens is 1. The van der Waals surface area contributed by atoms with E-state index in [4.69, 9.17) is 30.4 Å². The Balaban J connectivity index is 0.962. The number of hydrogen-bond acceptors (Lipinski definition) is 11. The Morgan fingerprint density at radius 1 is 0.696 bits per heavy atom. The van der Waals surface area contributed by atoms with E-state index in [2.05, 4.69) is 24.4 Å². The second-order valence-electron chi connectivity index (χ2n) is 19.7. The molecule has 0 atom stereocenters. The van der Waals surface area contributed by atoms with Gasteiger partial charge in [-0.25, -0.2) is 31.1 Å². The number of aliphatic imine (C=N–C) groups is 2. The highest BCUT2D eigenvalue weighted by atomic mass is 32.2. The number of sulfonamides is 2. The third kappa shape index (κ3) is 11.9. The summed E-state index contributed by atoms with van der Waals surface area (Å²) in [6.07, 6.45) is 8.95. The molecule has 0 bridgehead atoms. The van der Waals surface area contributed by atoms with Crippen LogP contribution in [0.1, 0.15) is 146 Å². The molecule has 6 rings (SSSR count). The number of carbonyl (C=O) groups excluding carboxylic acids is 1. The van der Waals surface area contributed by atoms with Crippen LogP contribution < -0.4 is 35.1 Å². The Morgan fingerprint density at radius 3 is 1.67 bits per heavy atom. The monoisotopic (exact) mass is 991 g/mol. The quantitative estimate of drug-likeness (QED) is 0.0259. The second-order valence-corrected chi connectivity index (χ2v) is 23.0. The smallest absolute Gasteiger partial charge is 0.354 e. The molecule has 378 valence electrons. The number of ether oxygens (including phenoxy) is 4. The van der Waals surface area contributed by atoms with Gasteiger partial charge in [-0.3, -0.25) is 9.98 Å². The highest BCUT2D eigenvalue weighted by molar-refractivity contribution is 7.90. The fourth-order valence-electron chi connectivity index (χ4n) is 9.59. The number of para-hydroxylation sites is 1. The van der Waals surface area contributed by atoms with Gasteiger partial charge in [0.05, 0.1) is 29.0 Å². The van der Waals surface area contributed by atoms with Gasteiger partial charge in [-0.05, 0) is 190 Å². The van der Waals surface area contributed by atoms with E-state index >= 15 is 0 Å². The number of unbranched alkanes of at least 4 members (excludes halogenated alkanes) is 5. The maximum Gasteiger partial charge on any atom is 0.354 e. The Morgan fingerprint density at radius 2 is 1.17 bits per heavy atom. The molecule has 0 amide bonds. The Bertz CT molecular complexity index is 2880. The van der Waals surface area contributed by atoms with Crippen LogP contribution in [0.4, 0.5) is 0 Å². The van der Waals surface area contributed by atoms with E-state index in [-0.39, 0.29) is 32.9 Å². The molecular weight excluding hydrogens is 919 g/mol. The lowest BCUT2D eigenvalue weighted by Gasteiger charge is -2.35. The lowest BCUT2D eigenvalue weighted by Crippen LogP contribution is -2.38. The van der Waals surface area contributed by atoms with Crippen molar-refractivity contribution in [3.05, 3.63) is 74.0 Å². The summed E-state index contributed by atoms with van der Waals surface area (Å²) >= 11 is 0. The minimum Gasteiger partial charge on any atom is -0.491 e. The van der Waals surface area contributed by atoms with Crippen LogP contribution in [0.25, 0.3) is 10.9 Å². The molecule has 0 aliphatic carbocycles. The third-order valence-corrected chi connectivity index (χ3v) is 16.9. The van der Waals surface area contributed by atoms with Gasteiger partial charge in [0, 0.05) is 18.5 Å². The summed E-state index contributed by atoms with van der Waals surface area (Å²) in [5.74, 6) is 1.39. The number of nitrogens with two attached hydrogens (primary N) is 2. The molecule has 1 aromatic heterocycles. The van der Waals surface area contributed by atoms with Crippen molar-refractivity contribution in [1.82, 2.24) is 14.4 Å². The standard InChI is InChI=1S/C51H73N7O9S2/c1-30-32(3)45(34(5)36-23-25-50(7,8)66-43(30)36)68(60,61)57-48(52)54-27-16-13-12-15-20-39-38-21-19-22-40(41(38)56-42(39)47(59)64-11)65-29-18-14-17-28-55-49(53)58-69(62,63)46-33(4)31(2)44-37(35(46)6)24-26-51(9,10)67-44/h19,21-22,56H,12-18,20,23-29H2,1-11H3,(H3,52,54,57)(H3,53,55,58). The zero-order chi connectivity index (χ0) is 50.6. The van der Waals surface area contributed by atoms with Crippen LogP contribution in [-0.4, -0.2) is 77.7 Å². The number of benzene rings is 3. The first-order valence-corrected chi connectivity index (χ1v) is 27.0. The van der Waals surface area contributed by atoms with E-state index in [0.717, 1.165) is 96.1 Å². The summed E-state index contributed by atoms with van der Waals surface area (Å²) in [6, 6.07) is 5.72. The molecule has 0 fully saturated rings. The normalized spacial score (nSPS) is 15.8. The maximum absolute atomic E-state index is 13.6. The van der Waals surface area contributed by atoms with Gasteiger partial charge in [-0.15, -0.1) is 0 Å². The predicted octanol–water partition coefficient (Wildman–Crippen LogP) is 8.25. The molecule has 0 radical (unpaired) electrons. The van der Waals surface area contributed by atoms with Crippen LogP contribution in [-0.2, 0) is 44.0 Å². The molecule has 7 N–H and O–H groups in total. The minimum atomic E-state index is -3.99. The summed E-state index contributed by atoms with van der Waals surface area (Å²) in [5.41, 5.74) is 19.6. The van der Waals surface area contributed by atoms with Crippen LogP contribution in [0.3, 0.4) is 0 Å². The molecule has 2 aliphatic rings. The second kappa shape index (κ2) is 21.2. The van der Waals surface area contributed by atoms with Crippen molar-refractivity contribution in [2.24, 2.45) is 21.5 Å². The minimum absolute atomic E-state index is 0.151. The van der Waals surface area contributed by atoms with Gasteiger partial charge < -0.3 is 35.4 Å². The van der Waals surface area contributed by atoms with Crippen LogP contribution >= 0.6 is 0 Å². The molecular formula is C51H73N7O9S2. The van der Waals surface area contributed by atoms with Crippen molar-refractivity contribution in [1.29, 1.82) is 0 Å². The Hall–Kier alpha value is -5.49. The molecule has 0 unspecified atom stereocenters. The zero-order valence-electron chi connectivity index (χ0n) is 42.4. The number of guanidine groups is 2. The van der Waals surface area contributed by atoms with E-state index < -0.39 is 26.0 Å². The molecule has 0 saturated heterocycles. The van der Waals surface area contributed by atoms with Crippen LogP contribution in [0.2, 0.25) is 0 Å². The molecule has 16 nitrogen and oxygen atoms in total. The Labute approximate surface area is 408 Å². The van der Waals surface area contributed by atoms with Gasteiger partial charge in [0.25, 0.3) is 20.0 Å². The van der Waals surface area contributed by atoms with Crippen molar-refractivity contribution >= 4 is 48.8 Å². The van der Waals surface area contributed by atoms with Crippen molar-refractivity contribution in [2.75, 3.05) is 26.8 Å². The van der Waals surface area contributed by atoms with Crippen LogP contribution in [0.15, 0.2) is 38.0 Å². The molecule has 18 heteroatoms. The molecule has 2 aliphatic heterocycles. The first-order valence-electron chi connectivity index (χ1n) is 24.0. The summed E-state index contributed by atoms with van der Waals surface area (Å²) in [5, 5.41) is 0.883. The number of aromatic amines is 1. The largest absolute Gasteiger partial charge is 0.491 e. The Kier molecular flexibility index (Phi) is 16.3. The number of aryl methyl sites for hydroxylation is 1. The van der Waals surface area contributed by atoms with Gasteiger partial charge in [-0.2, -0.15) is 0 Å². The van der Waals surface area contributed by atoms with Crippen molar-refractivity contribution in [2.45, 2.75) is 167 Å². The van der Waals surface area contributed by atoms with E-state index in [1.165, 1.54) is 7.11 Å². The van der Waals surface area contributed by atoms with Gasteiger partial charge in [0.1, 0.15) is 34.1 Å². The number of rotatable bonds is 19. The lowest BCUT2D eigenvalue weighted by atomic mass is 9.88. The lowest BCUT2D eigenvalue weighted by molar-refractivity contribution is 0.0593. The van der Waals surface area contributed by atoms with Gasteiger partial charge in [0.15, 0.2) is 0 Å². The summed E-state index contributed by atoms with van der Waals surface area (Å²) in [7, 11) is -6.62. The van der Waals surface area contributed by atoms with Crippen LogP contribution in [0.5, 0.6) is 17.2 Å². The number of nitrogens with zero attached hydrogens (tertiary/aromatic N) is 2. The zero-order valence-corrected chi connectivity index (χ0v) is 44.0. The molecule has 3 heterocycles. The van der Waals surface area contributed by atoms with Crippen LogP contribution in [0, 0.1) is 41.5 Å². The molecule has 3 aromatic carbocycles.